The normalized spacial score (nSPS) is 22.0. The highest BCUT2D eigenvalue weighted by molar-refractivity contribution is 6.31. The molecule has 8 nitrogen and oxygen atoms in total. The standard InChI is InChI=1S/C21H21ClFN5O3/c1-4-13(19(23)11(2)22)26-20-12-7-16(17(29)8-14(12)24-10-25-20)28-15-5-6-27(3)9-18(15)31-21(28)30/h4,7-8,10,15,18,29H,1-2,5-6,9H2,3H3,(H,24,25,26)/b19-13-. The van der Waals surface area contributed by atoms with E-state index in [1.807, 2.05) is 7.05 Å². The van der Waals surface area contributed by atoms with Crippen molar-refractivity contribution in [2.24, 2.45) is 0 Å². The van der Waals surface area contributed by atoms with Gasteiger partial charge in [-0.1, -0.05) is 24.8 Å². The van der Waals surface area contributed by atoms with Gasteiger partial charge in [0.2, 0.25) is 0 Å². The monoisotopic (exact) mass is 445 g/mol. The second kappa shape index (κ2) is 8.16. The lowest BCUT2D eigenvalue weighted by atomic mass is 10.0. The molecular formula is C21H21ClFN5O3. The van der Waals surface area contributed by atoms with Crippen molar-refractivity contribution in [1.82, 2.24) is 14.9 Å². The minimum Gasteiger partial charge on any atom is -0.506 e. The number of amides is 1. The first-order valence-corrected chi connectivity index (χ1v) is 9.98. The molecule has 2 unspecified atom stereocenters. The van der Waals surface area contributed by atoms with Crippen LogP contribution in [0, 0.1) is 0 Å². The van der Waals surface area contributed by atoms with E-state index in [-0.39, 0.29) is 40.1 Å². The van der Waals surface area contributed by atoms with Crippen LogP contribution in [-0.2, 0) is 4.74 Å². The summed E-state index contributed by atoms with van der Waals surface area (Å²) in [6.45, 7) is 8.37. The number of halogens is 2. The predicted molar refractivity (Wildman–Crippen MR) is 117 cm³/mol. The van der Waals surface area contributed by atoms with Crippen molar-refractivity contribution >= 4 is 40.1 Å². The molecule has 162 valence electrons. The minimum atomic E-state index is -0.778. The molecule has 1 aromatic heterocycles. The Labute approximate surface area is 183 Å². The maximum atomic E-state index is 14.3. The molecule has 2 aliphatic rings. The number of phenols is 1. The van der Waals surface area contributed by atoms with Crippen molar-refractivity contribution in [3.05, 3.63) is 54.3 Å². The van der Waals surface area contributed by atoms with Crippen LogP contribution in [0.3, 0.4) is 0 Å². The summed E-state index contributed by atoms with van der Waals surface area (Å²) in [5, 5.41) is 13.7. The predicted octanol–water partition coefficient (Wildman–Crippen LogP) is 3.90. The maximum absolute atomic E-state index is 14.3. The highest BCUT2D eigenvalue weighted by Gasteiger charge is 2.45. The zero-order valence-electron chi connectivity index (χ0n) is 16.8. The van der Waals surface area contributed by atoms with Gasteiger partial charge in [0.1, 0.15) is 24.0 Å². The molecule has 4 rings (SSSR count). The fourth-order valence-corrected chi connectivity index (χ4v) is 4.01. The number of likely N-dealkylation sites (tertiary alicyclic amines) is 1. The molecule has 31 heavy (non-hydrogen) atoms. The van der Waals surface area contributed by atoms with Crippen LogP contribution in [0.5, 0.6) is 5.75 Å². The van der Waals surface area contributed by atoms with Crippen LogP contribution < -0.4 is 10.2 Å². The fraction of sp³-hybridized carbons (Fsp3) is 0.286. The van der Waals surface area contributed by atoms with E-state index in [1.165, 1.54) is 23.4 Å². The molecule has 1 aromatic carbocycles. The van der Waals surface area contributed by atoms with Gasteiger partial charge < -0.3 is 20.1 Å². The molecule has 0 aliphatic carbocycles. The van der Waals surface area contributed by atoms with E-state index in [1.54, 1.807) is 6.07 Å². The number of nitrogens with zero attached hydrogens (tertiary/aromatic N) is 4. The molecule has 2 saturated heterocycles. The van der Waals surface area contributed by atoms with E-state index in [0.29, 0.717) is 23.9 Å². The van der Waals surface area contributed by atoms with Crippen molar-refractivity contribution in [1.29, 1.82) is 0 Å². The minimum absolute atomic E-state index is 0.0226. The Morgan fingerprint density at radius 1 is 1.45 bits per heavy atom. The van der Waals surface area contributed by atoms with Crippen LogP contribution in [0.2, 0.25) is 0 Å². The molecule has 0 radical (unpaired) electrons. The number of piperidine rings is 1. The van der Waals surface area contributed by atoms with E-state index in [2.05, 4.69) is 33.3 Å². The number of aromatic hydroxyl groups is 1. The zero-order chi connectivity index (χ0) is 22.3. The number of carbonyl (C=O) groups excluding carboxylic acids is 1. The number of anilines is 2. The van der Waals surface area contributed by atoms with E-state index in [4.69, 9.17) is 16.3 Å². The Balaban J connectivity index is 1.78. The van der Waals surface area contributed by atoms with Crippen LogP contribution in [0.15, 0.2) is 54.3 Å². The van der Waals surface area contributed by atoms with Crippen molar-refractivity contribution < 1.29 is 19.0 Å². The van der Waals surface area contributed by atoms with Gasteiger partial charge in [0, 0.05) is 24.5 Å². The summed E-state index contributed by atoms with van der Waals surface area (Å²) < 4.78 is 19.8. The van der Waals surface area contributed by atoms with Gasteiger partial charge in [0.25, 0.3) is 0 Å². The number of hydrogen-bond donors (Lipinski definition) is 2. The van der Waals surface area contributed by atoms with Crippen molar-refractivity contribution in [2.45, 2.75) is 18.6 Å². The number of ether oxygens (including phenoxy) is 1. The Morgan fingerprint density at radius 2 is 2.23 bits per heavy atom. The van der Waals surface area contributed by atoms with Gasteiger partial charge in [-0.25, -0.2) is 19.2 Å². The van der Waals surface area contributed by atoms with Gasteiger partial charge in [0.05, 0.1) is 28.0 Å². The second-order valence-electron chi connectivity index (χ2n) is 7.45. The third kappa shape index (κ3) is 3.82. The maximum Gasteiger partial charge on any atom is 0.415 e. The molecule has 10 heteroatoms. The van der Waals surface area contributed by atoms with Crippen LogP contribution in [-0.4, -0.2) is 58.4 Å². The van der Waals surface area contributed by atoms with Crippen molar-refractivity contribution in [3.63, 3.8) is 0 Å². The summed E-state index contributed by atoms with van der Waals surface area (Å²) in [5.74, 6) is -0.644. The van der Waals surface area contributed by atoms with E-state index in [0.717, 1.165) is 6.54 Å². The van der Waals surface area contributed by atoms with Crippen molar-refractivity contribution in [3.8, 4) is 5.75 Å². The number of carbonyl (C=O) groups is 1. The van der Waals surface area contributed by atoms with E-state index in [9.17, 15) is 14.3 Å². The van der Waals surface area contributed by atoms with Crippen LogP contribution in [0.25, 0.3) is 10.9 Å². The third-order valence-corrected chi connectivity index (χ3v) is 5.60. The Hall–Kier alpha value is -3.17. The van der Waals surface area contributed by atoms with Gasteiger partial charge >= 0.3 is 6.09 Å². The number of nitrogens with one attached hydrogen (secondary N) is 1. The summed E-state index contributed by atoms with van der Waals surface area (Å²) >= 11 is 5.67. The average molecular weight is 446 g/mol. The highest BCUT2D eigenvalue weighted by atomic mass is 35.5. The first-order valence-electron chi connectivity index (χ1n) is 9.60. The number of hydrogen-bond acceptors (Lipinski definition) is 7. The third-order valence-electron chi connectivity index (χ3n) is 5.43. The Morgan fingerprint density at radius 3 is 2.94 bits per heavy atom. The topological polar surface area (TPSA) is 90.8 Å². The lowest BCUT2D eigenvalue weighted by molar-refractivity contribution is 0.0820. The number of rotatable bonds is 5. The molecule has 2 aliphatic heterocycles. The molecule has 0 bridgehead atoms. The van der Waals surface area contributed by atoms with E-state index < -0.39 is 11.9 Å². The Kier molecular flexibility index (Phi) is 5.55. The fourth-order valence-electron chi connectivity index (χ4n) is 3.91. The molecular weight excluding hydrogens is 425 g/mol. The summed E-state index contributed by atoms with van der Waals surface area (Å²) in [6, 6.07) is 2.82. The number of allylic oxidation sites excluding steroid dienone is 3. The quantitative estimate of drug-likeness (QED) is 0.674. The molecule has 2 fully saturated rings. The van der Waals surface area contributed by atoms with Crippen LogP contribution >= 0.6 is 11.6 Å². The summed E-state index contributed by atoms with van der Waals surface area (Å²) in [6.07, 6.45) is 2.41. The first kappa shape index (κ1) is 21.1. The Bertz CT molecular complexity index is 1120. The lowest BCUT2D eigenvalue weighted by Gasteiger charge is -2.33. The second-order valence-corrected chi connectivity index (χ2v) is 7.91. The van der Waals surface area contributed by atoms with Crippen LogP contribution in [0.1, 0.15) is 6.42 Å². The van der Waals surface area contributed by atoms with Crippen molar-refractivity contribution in [2.75, 3.05) is 30.4 Å². The highest BCUT2D eigenvalue weighted by Crippen LogP contribution is 2.40. The molecule has 2 aromatic rings. The van der Waals surface area contributed by atoms with Gasteiger partial charge in [-0.15, -0.1) is 0 Å². The van der Waals surface area contributed by atoms with Gasteiger partial charge in [-0.05, 0) is 25.6 Å². The summed E-state index contributed by atoms with van der Waals surface area (Å²) in [4.78, 5) is 24.5. The van der Waals surface area contributed by atoms with Gasteiger partial charge in [-0.3, -0.25) is 4.90 Å². The SMILES string of the molecule is C=C/C(Nc1ncnc2cc(O)c(N3C(=O)OC4CN(C)CCC43)cc12)=C(/F)C(=C)Cl. The molecule has 3 heterocycles. The molecule has 0 spiro atoms. The van der Waals surface area contributed by atoms with E-state index >= 15 is 0 Å². The zero-order valence-corrected chi connectivity index (χ0v) is 17.6. The number of aromatic nitrogens is 2. The molecule has 0 saturated carbocycles. The molecule has 2 N–H and O–H groups in total. The van der Waals surface area contributed by atoms with Gasteiger partial charge in [0.15, 0.2) is 5.83 Å². The van der Waals surface area contributed by atoms with Crippen LogP contribution in [0.4, 0.5) is 20.7 Å². The lowest BCUT2D eigenvalue weighted by Crippen LogP contribution is -2.48. The summed E-state index contributed by atoms with van der Waals surface area (Å²) in [5.41, 5.74) is 0.657. The van der Waals surface area contributed by atoms with Gasteiger partial charge in [-0.2, -0.15) is 0 Å². The number of likely N-dealkylation sites (N-methyl/N-ethyl adjacent to an activating group) is 1. The number of benzene rings is 1. The number of phenolic OH excluding ortho intramolecular Hbond substituents is 1. The smallest absolute Gasteiger partial charge is 0.415 e. The molecule has 2 atom stereocenters. The summed E-state index contributed by atoms with van der Waals surface area (Å²) in [7, 11) is 1.97. The largest absolute Gasteiger partial charge is 0.506 e. The molecule has 1 amide bonds. The number of fused-ring (bicyclic) bond motifs is 2. The first-order chi connectivity index (χ1) is 14.8. The average Bonchev–Trinajstić information content (AvgIpc) is 3.05.